The molecule has 2 fully saturated rings. The Morgan fingerprint density at radius 3 is 2.13 bits per heavy atom. The first-order chi connectivity index (χ1) is 15.1. The van der Waals surface area contributed by atoms with Crippen molar-refractivity contribution in [2.75, 3.05) is 46.8 Å². The van der Waals surface area contributed by atoms with E-state index in [4.69, 9.17) is 0 Å². The number of hydrogen-bond acceptors (Lipinski definition) is 5. The average Bonchev–Trinajstić information content (AvgIpc) is 2.80. The van der Waals surface area contributed by atoms with Crippen molar-refractivity contribution in [2.45, 2.75) is 37.9 Å². The molecule has 31 heavy (non-hydrogen) atoms. The first-order valence-electron chi connectivity index (χ1n) is 11.6. The largest absolute Gasteiger partial charge is 0.308 e. The van der Waals surface area contributed by atoms with Gasteiger partial charge in [0.05, 0.1) is 12.1 Å². The van der Waals surface area contributed by atoms with Crippen LogP contribution < -0.4 is 10.6 Å². The zero-order valence-electron chi connectivity index (χ0n) is 19.3. The predicted molar refractivity (Wildman–Crippen MR) is 128 cm³/mol. The van der Waals surface area contributed by atoms with E-state index in [9.17, 15) is 4.79 Å². The van der Waals surface area contributed by atoms with Gasteiger partial charge in [-0.1, -0.05) is 67.6 Å². The molecule has 2 N–H and O–H groups in total. The van der Waals surface area contributed by atoms with Gasteiger partial charge in [0.25, 0.3) is 0 Å². The topological polar surface area (TPSA) is 47.6 Å². The van der Waals surface area contributed by atoms with Gasteiger partial charge in [-0.3, -0.25) is 9.69 Å². The van der Waals surface area contributed by atoms with Gasteiger partial charge in [-0.05, 0) is 31.6 Å². The maximum absolute atomic E-state index is 12.3. The van der Waals surface area contributed by atoms with Crippen molar-refractivity contribution < 1.29 is 4.79 Å². The van der Waals surface area contributed by atoms with Crippen LogP contribution in [0.15, 0.2) is 60.7 Å². The Morgan fingerprint density at radius 1 is 0.903 bits per heavy atom. The minimum Gasteiger partial charge on any atom is -0.308 e. The molecule has 2 aromatic carbocycles. The van der Waals surface area contributed by atoms with Gasteiger partial charge in [-0.15, -0.1) is 0 Å². The van der Waals surface area contributed by atoms with Crippen LogP contribution in [0.25, 0.3) is 0 Å². The first-order valence-corrected chi connectivity index (χ1v) is 11.6. The summed E-state index contributed by atoms with van der Waals surface area (Å²) in [5, 5.41) is 7.02. The van der Waals surface area contributed by atoms with E-state index in [1.807, 2.05) is 18.2 Å². The summed E-state index contributed by atoms with van der Waals surface area (Å²) in [7, 11) is 4.23. The van der Waals surface area contributed by atoms with Crippen LogP contribution in [0.2, 0.25) is 0 Å². The summed E-state index contributed by atoms with van der Waals surface area (Å²) in [5.74, 6) is 0.348. The van der Waals surface area contributed by atoms with Gasteiger partial charge in [0.2, 0.25) is 0 Å². The summed E-state index contributed by atoms with van der Waals surface area (Å²) in [5.41, 5.74) is 2.60. The van der Waals surface area contributed by atoms with E-state index < -0.39 is 0 Å². The molecule has 0 amide bonds. The number of carbonyl (C=O) groups excluding carboxylic acids is 1. The molecule has 0 aliphatic carbocycles. The van der Waals surface area contributed by atoms with Crippen molar-refractivity contribution in [3.05, 3.63) is 71.8 Å². The summed E-state index contributed by atoms with van der Waals surface area (Å²) in [4.78, 5) is 16.9. The van der Waals surface area contributed by atoms with Crippen LogP contribution in [0.4, 0.5) is 0 Å². The summed E-state index contributed by atoms with van der Waals surface area (Å²) in [6.07, 6.45) is 1.59. The molecule has 168 valence electrons. The molecule has 2 aromatic rings. The lowest BCUT2D eigenvalue weighted by Gasteiger charge is -2.39. The molecule has 2 heterocycles. The molecular weight excluding hydrogens is 384 g/mol. The zero-order chi connectivity index (χ0) is 22.1. The smallest absolute Gasteiger partial charge is 0.151 e. The Morgan fingerprint density at radius 2 is 1.52 bits per heavy atom. The van der Waals surface area contributed by atoms with E-state index in [1.54, 1.807) is 0 Å². The third kappa shape index (κ3) is 6.71. The molecule has 3 atom stereocenters. The highest BCUT2D eigenvalue weighted by Gasteiger charge is 2.34. The molecule has 2 aliphatic heterocycles. The number of carbonyl (C=O) groups is 1. The Balaban J connectivity index is 0.000000185. The first kappa shape index (κ1) is 23.6. The fraction of sp³-hybridized carbons (Fsp3) is 0.500. The molecule has 2 saturated heterocycles. The second-order valence-corrected chi connectivity index (χ2v) is 8.66. The van der Waals surface area contributed by atoms with Gasteiger partial charge in [-0.2, -0.15) is 0 Å². The standard InChI is InChI=1S/C15H22N2O.C11H16N2/c1-3-7-13(18)15-14(16-10-11-17(15)2)12-8-5-4-6-9-12;1-13-8-7-12-11(9-13)10-5-3-2-4-6-10/h4-6,8-9,14-16H,3,7,10-11H2,1-2H3;2-6,11-12H,7-9H2,1H3. The Labute approximate surface area is 187 Å². The molecule has 0 saturated carbocycles. The normalized spacial score (nSPS) is 24.8. The van der Waals surface area contributed by atoms with Crippen molar-refractivity contribution in [1.29, 1.82) is 0 Å². The number of likely N-dealkylation sites (N-methyl/N-ethyl adjacent to an activating group) is 2. The second kappa shape index (κ2) is 12.1. The van der Waals surface area contributed by atoms with Gasteiger partial charge in [0, 0.05) is 45.2 Å². The van der Waals surface area contributed by atoms with Crippen molar-refractivity contribution in [1.82, 2.24) is 20.4 Å². The van der Waals surface area contributed by atoms with Crippen LogP contribution in [0.1, 0.15) is 43.0 Å². The number of nitrogens with one attached hydrogen (secondary N) is 2. The highest BCUT2D eigenvalue weighted by Crippen LogP contribution is 2.24. The fourth-order valence-corrected chi connectivity index (χ4v) is 4.49. The molecule has 0 aromatic heterocycles. The Hall–Kier alpha value is -2.05. The van der Waals surface area contributed by atoms with Crippen LogP contribution in [0.3, 0.4) is 0 Å². The average molecular weight is 423 g/mol. The van der Waals surface area contributed by atoms with E-state index in [0.29, 0.717) is 18.2 Å². The van der Waals surface area contributed by atoms with E-state index in [2.05, 4.69) is 83.9 Å². The SMILES string of the molecule is CCCC(=O)C1C(c2ccccc2)NCCN1C.CN1CCNC(c2ccccc2)C1. The lowest BCUT2D eigenvalue weighted by molar-refractivity contribution is -0.125. The number of rotatable bonds is 5. The van der Waals surface area contributed by atoms with Gasteiger partial charge < -0.3 is 15.5 Å². The van der Waals surface area contributed by atoms with Gasteiger partial charge in [-0.25, -0.2) is 0 Å². The van der Waals surface area contributed by atoms with Gasteiger partial charge in [0.15, 0.2) is 5.78 Å². The quantitative estimate of drug-likeness (QED) is 0.775. The second-order valence-electron chi connectivity index (χ2n) is 8.66. The van der Waals surface area contributed by atoms with Crippen LogP contribution >= 0.6 is 0 Å². The minimum absolute atomic E-state index is 0.0268. The third-order valence-corrected chi connectivity index (χ3v) is 6.18. The molecule has 4 rings (SSSR count). The summed E-state index contributed by atoms with van der Waals surface area (Å²) in [6, 6.07) is 21.6. The maximum Gasteiger partial charge on any atom is 0.151 e. The highest BCUT2D eigenvalue weighted by molar-refractivity contribution is 5.85. The van der Waals surface area contributed by atoms with E-state index in [1.165, 1.54) is 11.1 Å². The number of piperazine rings is 2. The number of Topliss-reactive ketones (excluding diaryl/α,β-unsaturated/α-hetero) is 1. The fourth-order valence-electron chi connectivity index (χ4n) is 4.49. The zero-order valence-corrected chi connectivity index (χ0v) is 19.3. The van der Waals surface area contributed by atoms with Crippen LogP contribution in [0, 0.1) is 0 Å². The van der Waals surface area contributed by atoms with Crippen LogP contribution in [-0.4, -0.2) is 68.4 Å². The molecule has 2 aliphatic rings. The predicted octanol–water partition coefficient (Wildman–Crippen LogP) is 3.26. The summed E-state index contributed by atoms with van der Waals surface area (Å²) in [6.45, 7) is 7.30. The number of benzene rings is 2. The van der Waals surface area contributed by atoms with Crippen LogP contribution in [0.5, 0.6) is 0 Å². The monoisotopic (exact) mass is 422 g/mol. The Bertz CT molecular complexity index is 783. The maximum atomic E-state index is 12.3. The van der Waals surface area contributed by atoms with Crippen molar-refractivity contribution in [3.63, 3.8) is 0 Å². The van der Waals surface area contributed by atoms with Crippen molar-refractivity contribution in [2.24, 2.45) is 0 Å². The summed E-state index contributed by atoms with van der Waals surface area (Å²) < 4.78 is 0. The molecule has 0 spiro atoms. The molecule has 5 heteroatoms. The van der Waals surface area contributed by atoms with E-state index >= 15 is 0 Å². The number of hydrogen-bond donors (Lipinski definition) is 2. The Kier molecular flexibility index (Phi) is 9.22. The van der Waals surface area contributed by atoms with Crippen molar-refractivity contribution >= 4 is 5.78 Å². The molecule has 0 bridgehead atoms. The molecule has 3 unspecified atom stereocenters. The van der Waals surface area contributed by atoms with Gasteiger partial charge in [0.1, 0.15) is 0 Å². The number of nitrogens with zero attached hydrogens (tertiary/aromatic N) is 2. The van der Waals surface area contributed by atoms with E-state index in [-0.39, 0.29) is 12.1 Å². The minimum atomic E-state index is -0.0268. The van der Waals surface area contributed by atoms with Crippen molar-refractivity contribution in [3.8, 4) is 0 Å². The van der Waals surface area contributed by atoms with E-state index in [0.717, 1.165) is 39.1 Å². The number of ketones is 1. The van der Waals surface area contributed by atoms with Crippen LogP contribution in [-0.2, 0) is 4.79 Å². The molecule has 0 radical (unpaired) electrons. The summed E-state index contributed by atoms with van der Waals surface area (Å²) >= 11 is 0. The molecule has 5 nitrogen and oxygen atoms in total. The lowest BCUT2D eigenvalue weighted by Crippen LogP contribution is -2.54. The van der Waals surface area contributed by atoms with Gasteiger partial charge >= 0.3 is 0 Å². The molecular formula is C26H38N4O. The third-order valence-electron chi connectivity index (χ3n) is 6.18. The lowest BCUT2D eigenvalue weighted by atomic mass is 9.91. The highest BCUT2D eigenvalue weighted by atomic mass is 16.1.